The Morgan fingerprint density at radius 1 is 0.732 bits per heavy atom. The normalized spacial score (nSPS) is 10.8. The topological polar surface area (TPSA) is 164 Å². The van der Waals surface area contributed by atoms with E-state index in [2.05, 4.69) is 26.6 Å². The second kappa shape index (κ2) is 14.0. The van der Waals surface area contributed by atoms with E-state index in [0.29, 0.717) is 41.4 Å². The number of hydrogen-bond acceptors (Lipinski definition) is 6. The molecule has 3 aromatic rings. The van der Waals surface area contributed by atoms with Crippen molar-refractivity contribution in [2.45, 2.75) is 12.8 Å². The Morgan fingerprint density at radius 2 is 1.22 bits per heavy atom. The number of amides is 5. The number of nitrogens with one attached hydrogen (secondary N) is 5. The Morgan fingerprint density at radius 3 is 1.73 bits per heavy atom. The molecule has 0 saturated heterocycles. The zero-order valence-electron chi connectivity index (χ0n) is 23.9. The van der Waals surface area contributed by atoms with Gasteiger partial charge in [0.25, 0.3) is 17.7 Å². The van der Waals surface area contributed by atoms with E-state index in [9.17, 15) is 24.0 Å². The molecule has 0 unspecified atom stereocenters. The summed E-state index contributed by atoms with van der Waals surface area (Å²) in [7, 11) is 8.96. The van der Waals surface area contributed by atoms with Gasteiger partial charge < -0.3 is 45.2 Å². The van der Waals surface area contributed by atoms with Crippen LogP contribution in [0.3, 0.4) is 0 Å². The van der Waals surface area contributed by atoms with Gasteiger partial charge in [-0.2, -0.15) is 0 Å². The molecule has 0 fully saturated rings. The molecule has 5 amide bonds. The molecule has 0 aliphatic rings. The Hall–Kier alpha value is -4.85. The molecular formula is C27H37N9O5. The maximum Gasteiger partial charge on any atom is 0.272 e. The van der Waals surface area contributed by atoms with Crippen LogP contribution in [0.4, 0.5) is 17.1 Å². The van der Waals surface area contributed by atoms with Crippen LogP contribution < -0.4 is 26.6 Å². The lowest BCUT2D eigenvalue weighted by Gasteiger charge is -2.10. The minimum absolute atomic E-state index is 0.134. The van der Waals surface area contributed by atoms with Crippen molar-refractivity contribution in [2.24, 2.45) is 21.1 Å². The Balaban J connectivity index is 1.53. The van der Waals surface area contributed by atoms with Crippen LogP contribution in [0.1, 0.15) is 44.3 Å². The first-order valence-electron chi connectivity index (χ1n) is 13.0. The summed E-state index contributed by atoms with van der Waals surface area (Å²) < 4.78 is 4.72. The lowest BCUT2D eigenvalue weighted by Crippen LogP contribution is -2.32. The third-order valence-corrected chi connectivity index (χ3v) is 6.20. The van der Waals surface area contributed by atoms with Gasteiger partial charge in [0, 0.05) is 59.2 Å². The lowest BCUT2D eigenvalue weighted by molar-refractivity contribution is -0.121. The Bertz CT molecular complexity index is 1420. The molecular weight excluding hydrogens is 530 g/mol. The van der Waals surface area contributed by atoms with Crippen molar-refractivity contribution < 1.29 is 24.0 Å². The van der Waals surface area contributed by atoms with Crippen molar-refractivity contribution in [3.63, 3.8) is 0 Å². The number of aryl methyl sites for hydroxylation is 3. The van der Waals surface area contributed by atoms with Gasteiger partial charge in [0.2, 0.25) is 12.3 Å². The van der Waals surface area contributed by atoms with Crippen LogP contribution in [0.15, 0.2) is 36.8 Å². The first-order valence-corrected chi connectivity index (χ1v) is 13.0. The van der Waals surface area contributed by atoms with Gasteiger partial charge in [-0.1, -0.05) is 0 Å². The summed E-state index contributed by atoms with van der Waals surface area (Å²) >= 11 is 0. The first kappa shape index (κ1) is 30.7. The van der Waals surface area contributed by atoms with Crippen LogP contribution in [0.25, 0.3) is 0 Å². The van der Waals surface area contributed by atoms with Gasteiger partial charge >= 0.3 is 0 Å². The fraction of sp³-hybridized carbons (Fsp3) is 0.370. The van der Waals surface area contributed by atoms with E-state index in [0.717, 1.165) is 13.0 Å². The SMILES string of the molecule is CN(C)CCCNC(=O)CCNC(=O)c1cc(NC(=O)c2cc(NC(=O)c3cc(NC=O)cn3C)cn2C)cn1C. The van der Waals surface area contributed by atoms with Gasteiger partial charge in [0.1, 0.15) is 17.1 Å². The Labute approximate surface area is 238 Å². The van der Waals surface area contributed by atoms with Crippen molar-refractivity contribution in [1.82, 2.24) is 29.2 Å². The predicted molar refractivity (Wildman–Crippen MR) is 155 cm³/mol. The quantitative estimate of drug-likeness (QED) is 0.144. The summed E-state index contributed by atoms with van der Waals surface area (Å²) in [5.41, 5.74) is 2.21. The minimum atomic E-state index is -0.437. The highest BCUT2D eigenvalue weighted by atomic mass is 16.2. The monoisotopic (exact) mass is 567 g/mol. The maximum absolute atomic E-state index is 13.0. The number of rotatable bonds is 14. The van der Waals surface area contributed by atoms with Gasteiger partial charge in [-0.05, 0) is 45.3 Å². The van der Waals surface area contributed by atoms with Gasteiger partial charge in [0.05, 0.1) is 17.1 Å². The number of carbonyl (C=O) groups excluding carboxylic acids is 5. The largest absolute Gasteiger partial charge is 0.356 e. The van der Waals surface area contributed by atoms with Crippen molar-refractivity contribution in [3.05, 3.63) is 53.9 Å². The van der Waals surface area contributed by atoms with Crippen LogP contribution in [0, 0.1) is 0 Å². The number of aromatic nitrogens is 3. The van der Waals surface area contributed by atoms with Crippen molar-refractivity contribution in [3.8, 4) is 0 Å². The van der Waals surface area contributed by atoms with E-state index < -0.39 is 11.8 Å². The van der Waals surface area contributed by atoms with Gasteiger partial charge in [-0.25, -0.2) is 0 Å². The molecule has 0 spiro atoms. The second-order valence-electron chi connectivity index (χ2n) is 9.86. The second-order valence-corrected chi connectivity index (χ2v) is 9.86. The third-order valence-electron chi connectivity index (χ3n) is 6.20. The highest BCUT2D eigenvalue weighted by Crippen LogP contribution is 2.19. The molecule has 5 N–H and O–H groups in total. The van der Waals surface area contributed by atoms with E-state index in [1.165, 1.54) is 12.1 Å². The van der Waals surface area contributed by atoms with Gasteiger partial charge in [0.15, 0.2) is 0 Å². The highest BCUT2D eigenvalue weighted by molar-refractivity contribution is 6.07. The van der Waals surface area contributed by atoms with Crippen LogP contribution in [0.2, 0.25) is 0 Å². The molecule has 14 heteroatoms. The molecule has 220 valence electrons. The zero-order valence-corrected chi connectivity index (χ0v) is 23.9. The molecule has 0 aromatic carbocycles. The summed E-state index contributed by atoms with van der Waals surface area (Å²) in [4.78, 5) is 63.0. The molecule has 3 heterocycles. The van der Waals surface area contributed by atoms with E-state index in [1.54, 1.807) is 59.5 Å². The molecule has 0 atom stereocenters. The molecule has 0 radical (unpaired) electrons. The minimum Gasteiger partial charge on any atom is -0.356 e. The fourth-order valence-corrected chi connectivity index (χ4v) is 4.14. The number of nitrogens with zero attached hydrogens (tertiary/aromatic N) is 4. The molecule has 0 aliphatic heterocycles. The molecule has 41 heavy (non-hydrogen) atoms. The van der Waals surface area contributed by atoms with Crippen molar-refractivity contribution in [2.75, 3.05) is 49.7 Å². The summed E-state index contributed by atoms with van der Waals surface area (Å²) in [6.07, 6.45) is 6.34. The van der Waals surface area contributed by atoms with Crippen LogP contribution in [-0.4, -0.2) is 82.4 Å². The summed E-state index contributed by atoms with van der Waals surface area (Å²) in [6.45, 7) is 1.64. The smallest absolute Gasteiger partial charge is 0.272 e. The maximum atomic E-state index is 13.0. The average molecular weight is 568 g/mol. The van der Waals surface area contributed by atoms with Crippen molar-refractivity contribution >= 4 is 47.1 Å². The van der Waals surface area contributed by atoms with E-state index in [-0.39, 0.29) is 30.5 Å². The lowest BCUT2D eigenvalue weighted by atomic mass is 10.3. The zero-order chi connectivity index (χ0) is 30.1. The summed E-state index contributed by atoms with van der Waals surface area (Å²) in [6, 6.07) is 4.61. The number of hydrogen-bond donors (Lipinski definition) is 5. The predicted octanol–water partition coefficient (Wildman–Crippen LogP) is 0.963. The van der Waals surface area contributed by atoms with Gasteiger partial charge in [-0.3, -0.25) is 24.0 Å². The molecule has 3 rings (SSSR count). The van der Waals surface area contributed by atoms with Crippen molar-refractivity contribution in [1.29, 1.82) is 0 Å². The summed E-state index contributed by atoms with van der Waals surface area (Å²) in [5, 5.41) is 13.6. The third kappa shape index (κ3) is 8.57. The molecule has 14 nitrogen and oxygen atoms in total. The number of anilines is 3. The van der Waals surface area contributed by atoms with Gasteiger partial charge in [-0.15, -0.1) is 0 Å². The Kier molecular flexibility index (Phi) is 10.5. The van der Waals surface area contributed by atoms with Crippen LogP contribution in [0.5, 0.6) is 0 Å². The average Bonchev–Trinajstić information content (AvgIpc) is 3.57. The summed E-state index contributed by atoms with van der Waals surface area (Å²) in [5.74, 6) is -1.35. The highest BCUT2D eigenvalue weighted by Gasteiger charge is 2.18. The standard InChI is InChI=1S/C27H37N9O5/c1-33(2)10-6-8-28-24(38)7-9-29-25(39)21-12-19(15-35(21)4)31-27(41)23-13-20(16-36(23)5)32-26(40)22-11-18(30-17-37)14-34(22)3/h11-17H,6-10H2,1-5H3,(H,28,38)(H,29,39)(H,30,37)(H,31,41)(H,32,40). The molecule has 0 aliphatic carbocycles. The van der Waals surface area contributed by atoms with E-state index in [4.69, 9.17) is 0 Å². The van der Waals surface area contributed by atoms with E-state index in [1.807, 2.05) is 19.0 Å². The van der Waals surface area contributed by atoms with E-state index >= 15 is 0 Å². The number of carbonyl (C=O) groups is 5. The fourth-order valence-electron chi connectivity index (χ4n) is 4.14. The molecule has 3 aromatic heterocycles. The first-order chi connectivity index (χ1) is 19.5. The molecule has 0 saturated carbocycles. The molecule has 0 bridgehead atoms. The van der Waals surface area contributed by atoms with Crippen LogP contribution in [-0.2, 0) is 30.7 Å². The van der Waals surface area contributed by atoms with Crippen LogP contribution >= 0.6 is 0 Å².